The Labute approximate surface area is 134 Å². The van der Waals surface area contributed by atoms with Crippen molar-refractivity contribution in [3.05, 3.63) is 41.8 Å². The second-order valence-electron chi connectivity index (χ2n) is 4.43. The second kappa shape index (κ2) is 8.53. The molecular weight excluding hydrogens is 356 g/mol. The summed E-state index contributed by atoms with van der Waals surface area (Å²) in [5.74, 6) is 0.575. The van der Waals surface area contributed by atoms with Crippen LogP contribution in [0.2, 0.25) is 0 Å². The van der Waals surface area contributed by atoms with Gasteiger partial charge in [-0.2, -0.15) is 4.31 Å². The second-order valence-corrected chi connectivity index (χ2v) is 7.05. The molecule has 1 rings (SSSR count). The Morgan fingerprint density at radius 2 is 2.00 bits per heavy atom. The van der Waals surface area contributed by atoms with Crippen molar-refractivity contribution in [2.45, 2.75) is 24.8 Å². The van der Waals surface area contributed by atoms with E-state index in [4.69, 9.17) is 4.42 Å². The molecule has 0 bridgehead atoms. The molecule has 0 spiro atoms. The van der Waals surface area contributed by atoms with Crippen LogP contribution in [0, 0.1) is 0 Å². The maximum atomic E-state index is 12.6. The van der Waals surface area contributed by atoms with Crippen LogP contribution in [0.3, 0.4) is 0 Å². The summed E-state index contributed by atoms with van der Waals surface area (Å²) in [6.07, 6.45) is 4.08. The zero-order chi connectivity index (χ0) is 15.9. The van der Waals surface area contributed by atoms with E-state index in [-0.39, 0.29) is 22.7 Å². The number of hydrogen-bond donors (Lipinski definition) is 1. The van der Waals surface area contributed by atoms with Crippen molar-refractivity contribution in [2.75, 3.05) is 19.6 Å². The molecule has 0 aliphatic carbocycles. The highest BCUT2D eigenvalue weighted by Crippen LogP contribution is 2.28. The van der Waals surface area contributed by atoms with Gasteiger partial charge in [0.15, 0.2) is 4.67 Å². The Bertz CT molecular complexity index is 571. The Balaban J connectivity index is 3.01. The van der Waals surface area contributed by atoms with E-state index >= 15 is 0 Å². The number of nitrogens with one attached hydrogen (secondary N) is 1. The summed E-state index contributed by atoms with van der Waals surface area (Å²) in [6, 6.07) is 1.54. The van der Waals surface area contributed by atoms with Gasteiger partial charge in [0.2, 0.25) is 10.0 Å². The molecule has 1 N–H and O–H groups in total. The average molecular weight is 377 g/mol. The van der Waals surface area contributed by atoms with Crippen LogP contribution in [-0.2, 0) is 16.6 Å². The highest BCUT2D eigenvalue weighted by Gasteiger charge is 2.28. The van der Waals surface area contributed by atoms with Gasteiger partial charge < -0.3 is 9.73 Å². The van der Waals surface area contributed by atoms with Crippen molar-refractivity contribution >= 4 is 26.0 Å². The summed E-state index contributed by atoms with van der Waals surface area (Å²) in [7, 11) is -3.64. The van der Waals surface area contributed by atoms with E-state index in [9.17, 15) is 8.42 Å². The van der Waals surface area contributed by atoms with Gasteiger partial charge in [0, 0.05) is 19.2 Å². The van der Waals surface area contributed by atoms with Gasteiger partial charge >= 0.3 is 0 Å². The molecule has 0 fully saturated rings. The van der Waals surface area contributed by atoms with Gasteiger partial charge in [0.05, 0.1) is 6.54 Å². The summed E-state index contributed by atoms with van der Waals surface area (Å²) < 4.78 is 32.1. The normalized spacial score (nSPS) is 11.8. The predicted octanol–water partition coefficient (Wildman–Crippen LogP) is 2.90. The lowest BCUT2D eigenvalue weighted by Crippen LogP contribution is -2.31. The van der Waals surface area contributed by atoms with Gasteiger partial charge in [-0.25, -0.2) is 8.42 Å². The summed E-state index contributed by atoms with van der Waals surface area (Å²) >= 11 is 3.18. The lowest BCUT2D eigenvalue weighted by atomic mass is 10.4. The van der Waals surface area contributed by atoms with Crippen molar-refractivity contribution in [3.63, 3.8) is 0 Å². The van der Waals surface area contributed by atoms with Crippen LogP contribution in [0.1, 0.15) is 19.1 Å². The van der Waals surface area contributed by atoms with E-state index in [1.165, 1.54) is 4.31 Å². The van der Waals surface area contributed by atoms with Crippen molar-refractivity contribution in [3.8, 4) is 0 Å². The maximum absolute atomic E-state index is 12.6. The highest BCUT2D eigenvalue weighted by molar-refractivity contribution is 9.10. The monoisotopic (exact) mass is 376 g/mol. The predicted molar refractivity (Wildman–Crippen MR) is 87.6 cm³/mol. The number of halogens is 1. The van der Waals surface area contributed by atoms with E-state index in [2.05, 4.69) is 41.3 Å². The van der Waals surface area contributed by atoms with Gasteiger partial charge in [-0.1, -0.05) is 19.1 Å². The third kappa shape index (κ3) is 4.81. The van der Waals surface area contributed by atoms with Crippen LogP contribution < -0.4 is 5.32 Å². The van der Waals surface area contributed by atoms with E-state index < -0.39 is 10.0 Å². The molecule has 0 aromatic carbocycles. The molecule has 0 amide bonds. The molecule has 118 valence electrons. The lowest BCUT2D eigenvalue weighted by Gasteiger charge is -2.17. The summed E-state index contributed by atoms with van der Waals surface area (Å²) in [6.45, 7) is 11.0. The van der Waals surface area contributed by atoms with Crippen LogP contribution in [-0.4, -0.2) is 32.4 Å². The lowest BCUT2D eigenvalue weighted by molar-refractivity contribution is 0.453. The minimum Gasteiger partial charge on any atom is -0.452 e. The fourth-order valence-corrected chi connectivity index (χ4v) is 4.09. The van der Waals surface area contributed by atoms with Crippen molar-refractivity contribution in [1.29, 1.82) is 0 Å². The third-order valence-corrected chi connectivity index (χ3v) is 5.40. The molecule has 7 heteroatoms. The van der Waals surface area contributed by atoms with Crippen molar-refractivity contribution in [1.82, 2.24) is 9.62 Å². The molecule has 0 saturated carbocycles. The molecule has 1 aromatic rings. The van der Waals surface area contributed by atoms with Crippen LogP contribution in [0.4, 0.5) is 0 Å². The molecule has 0 radical (unpaired) electrons. The first kappa shape index (κ1) is 18.2. The molecule has 0 aliphatic rings. The zero-order valence-electron chi connectivity index (χ0n) is 12.1. The SMILES string of the molecule is C=CCN(CC=C)S(=O)(=O)c1cc(CNCCC)oc1Br. The smallest absolute Gasteiger partial charge is 0.248 e. The Kier molecular flexibility index (Phi) is 7.37. The number of furan rings is 1. The minimum atomic E-state index is -3.64. The van der Waals surface area contributed by atoms with Crippen LogP contribution >= 0.6 is 15.9 Å². The third-order valence-electron chi connectivity index (χ3n) is 2.72. The molecule has 21 heavy (non-hydrogen) atoms. The Hall–Kier alpha value is -0.890. The van der Waals surface area contributed by atoms with E-state index in [0.29, 0.717) is 12.3 Å². The standard InChI is InChI=1S/C14H21BrN2O3S/c1-4-7-16-11-12-10-13(14(15)20-12)21(18,19)17(8-5-2)9-6-3/h5-6,10,16H,2-4,7-9,11H2,1H3. The molecule has 0 atom stereocenters. The van der Waals surface area contributed by atoms with Gasteiger partial charge in [-0.15, -0.1) is 13.2 Å². The van der Waals surface area contributed by atoms with E-state index in [1.807, 2.05) is 0 Å². The Morgan fingerprint density at radius 3 is 2.52 bits per heavy atom. The number of sulfonamides is 1. The molecule has 5 nitrogen and oxygen atoms in total. The molecular formula is C14H21BrN2O3S. The molecule has 0 saturated heterocycles. The first-order valence-corrected chi connectivity index (χ1v) is 8.91. The van der Waals surface area contributed by atoms with E-state index in [1.54, 1.807) is 18.2 Å². The number of nitrogens with zero attached hydrogens (tertiary/aromatic N) is 1. The van der Waals surface area contributed by atoms with Gasteiger partial charge in [0.1, 0.15) is 10.7 Å². The first-order chi connectivity index (χ1) is 9.97. The van der Waals surface area contributed by atoms with Crippen LogP contribution in [0.15, 0.2) is 45.4 Å². The van der Waals surface area contributed by atoms with Crippen molar-refractivity contribution in [2.24, 2.45) is 0 Å². The van der Waals surface area contributed by atoms with Gasteiger partial charge in [0.25, 0.3) is 0 Å². The summed E-state index contributed by atoms with van der Waals surface area (Å²) in [5.41, 5.74) is 0. The fraction of sp³-hybridized carbons (Fsp3) is 0.429. The maximum Gasteiger partial charge on any atom is 0.248 e. The van der Waals surface area contributed by atoms with Gasteiger partial charge in [-0.3, -0.25) is 0 Å². The van der Waals surface area contributed by atoms with Gasteiger partial charge in [-0.05, 0) is 28.9 Å². The number of hydrogen-bond acceptors (Lipinski definition) is 4. The fourth-order valence-electron chi connectivity index (χ4n) is 1.75. The number of rotatable bonds is 10. The summed E-state index contributed by atoms with van der Waals surface area (Å²) in [5, 5.41) is 3.17. The van der Waals surface area contributed by atoms with Crippen LogP contribution in [0.5, 0.6) is 0 Å². The zero-order valence-corrected chi connectivity index (χ0v) is 14.5. The molecule has 1 aromatic heterocycles. The molecule has 0 unspecified atom stereocenters. The molecule has 1 heterocycles. The molecule has 0 aliphatic heterocycles. The summed E-state index contributed by atoms with van der Waals surface area (Å²) in [4.78, 5) is 0.125. The van der Waals surface area contributed by atoms with Crippen molar-refractivity contribution < 1.29 is 12.8 Å². The first-order valence-electron chi connectivity index (χ1n) is 6.68. The van der Waals surface area contributed by atoms with Crippen LogP contribution in [0.25, 0.3) is 0 Å². The quantitative estimate of drug-likeness (QED) is 0.503. The highest BCUT2D eigenvalue weighted by atomic mass is 79.9. The Morgan fingerprint density at radius 1 is 1.38 bits per heavy atom. The largest absolute Gasteiger partial charge is 0.452 e. The topological polar surface area (TPSA) is 62.6 Å². The van der Waals surface area contributed by atoms with E-state index in [0.717, 1.165) is 13.0 Å². The average Bonchev–Trinajstić information content (AvgIpc) is 2.81. The minimum absolute atomic E-state index is 0.125.